The summed E-state index contributed by atoms with van der Waals surface area (Å²) >= 11 is 24.6. The Morgan fingerprint density at radius 2 is 0.795 bits per heavy atom. The van der Waals surface area contributed by atoms with Crippen LogP contribution in [0, 0.1) is 17.5 Å². The summed E-state index contributed by atoms with van der Waals surface area (Å²) < 4.78 is 87.6. The number of morpholine rings is 3. The molecule has 2 N–H and O–H groups in total. The Bertz CT molecular complexity index is 5430. The Morgan fingerprint density at radius 3 is 1.14 bits per heavy atom. The Hall–Kier alpha value is -10.5. The molecule has 1 atom stereocenters. The fourth-order valence-corrected chi connectivity index (χ4v) is 13.5. The molecule has 0 amide bonds. The normalized spacial score (nSPS) is 16.2. The molecule has 27 nitrogen and oxygen atoms in total. The number of aromatic nitrogens is 12. The van der Waals surface area contributed by atoms with Gasteiger partial charge in [-0.05, 0) is 115 Å². The van der Waals surface area contributed by atoms with E-state index in [0.29, 0.717) is 141 Å². The Labute approximate surface area is 656 Å². The van der Waals surface area contributed by atoms with Crippen LogP contribution in [0.15, 0.2) is 146 Å². The summed E-state index contributed by atoms with van der Waals surface area (Å²) in [5.41, 5.74) is 7.43. The minimum atomic E-state index is -1.23. The molecule has 18 rings (SSSR count). The van der Waals surface area contributed by atoms with Gasteiger partial charge in [0.25, 0.3) is 0 Å². The van der Waals surface area contributed by atoms with Crippen molar-refractivity contribution in [2.75, 3.05) is 133 Å². The van der Waals surface area contributed by atoms with Gasteiger partial charge < -0.3 is 62.8 Å². The first-order valence-electron chi connectivity index (χ1n) is 35.4. The molecule has 0 radical (unpaired) electrons. The number of fused-ring (bicyclic) bond motifs is 3. The first kappa shape index (κ1) is 76.9. The number of nitrogens with zero attached hydrogens (tertiary/aromatic N) is 15. The average Bonchev–Trinajstić information content (AvgIpc) is 0.779. The van der Waals surface area contributed by atoms with Gasteiger partial charge in [0.05, 0.1) is 129 Å². The highest BCUT2D eigenvalue weighted by Gasteiger charge is 2.29. The number of ketones is 2. The molecule has 0 spiro atoms. The lowest BCUT2D eigenvalue weighted by Gasteiger charge is -2.29. The number of hydrogen-bond acceptors (Lipinski definition) is 27. The summed E-state index contributed by atoms with van der Waals surface area (Å²) in [4.78, 5) is 59.0. The highest BCUT2D eigenvalue weighted by molar-refractivity contribution is 6.36. The van der Waals surface area contributed by atoms with E-state index >= 15 is 13.2 Å². The van der Waals surface area contributed by atoms with Crippen LogP contribution in [0.3, 0.4) is 0 Å². The van der Waals surface area contributed by atoms with Crippen LogP contribution in [0.5, 0.6) is 11.8 Å². The number of aliphatic hydroxyl groups excluding tert-OH is 2. The lowest BCUT2D eigenvalue weighted by Crippen LogP contribution is -2.38. The van der Waals surface area contributed by atoms with Crippen LogP contribution in [-0.2, 0) is 28.4 Å². The highest BCUT2D eigenvalue weighted by atomic mass is 35.5. The maximum absolute atomic E-state index is 15.2. The first-order valence-corrected chi connectivity index (χ1v) is 36.9. The van der Waals surface area contributed by atoms with E-state index in [0.717, 1.165) is 68.5 Å². The van der Waals surface area contributed by atoms with E-state index in [1.54, 1.807) is 18.2 Å². The molecular formula is C78H66Cl4F3N15O12. The molecule has 0 bridgehead atoms. The van der Waals surface area contributed by atoms with Crippen LogP contribution in [0.2, 0.25) is 20.2 Å². The maximum atomic E-state index is 15.2. The third kappa shape index (κ3) is 17.6. The number of hydrogen-bond donors (Lipinski definition) is 2. The van der Waals surface area contributed by atoms with Crippen LogP contribution in [0.4, 0.5) is 30.2 Å². The van der Waals surface area contributed by atoms with E-state index in [9.17, 15) is 14.7 Å². The number of carbonyl (C=O) groups excluding carboxylic acids is 2. The third-order valence-corrected chi connectivity index (χ3v) is 20.0. The van der Waals surface area contributed by atoms with Gasteiger partial charge in [-0.2, -0.15) is 0 Å². The molecule has 0 saturated carbocycles. The third-order valence-electron chi connectivity index (χ3n) is 18.8. The van der Waals surface area contributed by atoms with Crippen molar-refractivity contribution in [1.82, 2.24) is 60.5 Å². The summed E-state index contributed by atoms with van der Waals surface area (Å²) in [7, 11) is 0. The molecule has 6 fully saturated rings. The second kappa shape index (κ2) is 35.1. The van der Waals surface area contributed by atoms with E-state index in [1.165, 1.54) is 61.4 Å². The molecule has 12 aromatic rings. The number of ether oxygens (including phenoxy) is 8. The summed E-state index contributed by atoms with van der Waals surface area (Å²) in [6.07, 6.45) is 2.65. The predicted molar refractivity (Wildman–Crippen MR) is 408 cm³/mol. The molecular weight excluding hydrogens is 1540 g/mol. The molecule has 6 aliphatic rings. The Morgan fingerprint density at radius 1 is 0.420 bits per heavy atom. The predicted octanol–water partition coefficient (Wildman–Crippen LogP) is 11.3. The zero-order chi connectivity index (χ0) is 77.4. The van der Waals surface area contributed by atoms with E-state index in [4.69, 9.17) is 84.7 Å². The summed E-state index contributed by atoms with van der Waals surface area (Å²) in [6, 6.07) is 34.1. The quantitative estimate of drug-likeness (QED) is 0.0849. The SMILES string of the molecule is O=C(c1ccc(Cl)nn1)c1cc(-c2ncnc3cc(N4CCOCC4)ccc23)c(F)cc1Cl.O=C(c1ccc(OC2COC2)nn1)c1cc(-c2ncnc3cc(N4CCOCC4)ccc23)c(F)cc1Cl.OC(c1ccc(OC2COC2)nn1)c1cc(-c2ncnc3cc(N4CCOCC4)ccc23)c(F)cc1Cl.OC1COC1. The largest absolute Gasteiger partial charge is 0.468 e. The molecule has 34 heteroatoms. The fourth-order valence-electron chi connectivity index (χ4n) is 12.6. The lowest BCUT2D eigenvalue weighted by atomic mass is 9.99. The van der Waals surface area contributed by atoms with Crippen LogP contribution in [-0.4, -0.2) is 219 Å². The molecule has 112 heavy (non-hydrogen) atoms. The number of benzene rings is 6. The van der Waals surface area contributed by atoms with Crippen LogP contribution in [0.1, 0.15) is 49.5 Å². The van der Waals surface area contributed by atoms with Gasteiger partial charge in [-0.25, -0.2) is 43.1 Å². The average molecular weight is 1600 g/mol. The van der Waals surface area contributed by atoms with Gasteiger partial charge in [0.1, 0.15) is 72.2 Å². The van der Waals surface area contributed by atoms with E-state index in [1.807, 2.05) is 54.6 Å². The van der Waals surface area contributed by atoms with Crippen LogP contribution in [0.25, 0.3) is 66.5 Å². The van der Waals surface area contributed by atoms with Crippen molar-refractivity contribution in [2.24, 2.45) is 0 Å². The standard InChI is InChI=1S/C26H23ClFN5O4.C26H21ClFN5O4.C23H16Cl2FN5O2.C3H6O2/c2*27-20-11-21(28)19(10-18(20)26(34)22-3-4-24(32-31-22)37-16-12-36-13-16)25-17-2-1-15(9-23(17)29-14-30-25)33-5-7-35-8-6-33;24-17-11-18(26)16(10-15(17)23(32)19-3-4-21(25)30-29-19)22-14-2-1-13(9-20(14)27-12-28-22)31-5-7-33-8-6-31;4-3-1-5-2-3/h1-4,9-11,14,16,26,34H,5-8,12-13H2;1-4,9-11,14,16H,5-8,12-13H2;1-4,9-12H,5-8H2;3-4H,1-2H2. The second-order valence-electron chi connectivity index (χ2n) is 26.1. The first-order chi connectivity index (χ1) is 54.5. The van der Waals surface area contributed by atoms with Crippen molar-refractivity contribution in [3.63, 3.8) is 0 Å². The number of halogens is 7. The maximum Gasteiger partial charge on any atom is 0.233 e. The second-order valence-corrected chi connectivity index (χ2v) is 27.8. The Balaban J connectivity index is 0.000000129. The minimum absolute atomic E-state index is 0.0343. The minimum Gasteiger partial charge on any atom is -0.468 e. The van der Waals surface area contributed by atoms with Gasteiger partial charge >= 0.3 is 0 Å². The van der Waals surface area contributed by atoms with Gasteiger partial charge in [-0.1, -0.05) is 46.4 Å². The van der Waals surface area contributed by atoms with Crippen molar-refractivity contribution < 1.29 is 70.9 Å². The molecule has 6 aromatic heterocycles. The number of rotatable bonds is 16. The number of anilines is 3. The zero-order valence-electron chi connectivity index (χ0n) is 59.2. The molecule has 1 unspecified atom stereocenters. The molecule has 0 aliphatic carbocycles. The summed E-state index contributed by atoms with van der Waals surface area (Å²) in [6.45, 7) is 11.8. The summed E-state index contributed by atoms with van der Waals surface area (Å²) in [5.74, 6) is -2.13. The Kier molecular flexibility index (Phi) is 24.1. The van der Waals surface area contributed by atoms with Crippen molar-refractivity contribution in [1.29, 1.82) is 0 Å². The molecule has 6 saturated heterocycles. The van der Waals surface area contributed by atoms with E-state index in [2.05, 4.69) is 79.9 Å². The van der Waals surface area contributed by atoms with Crippen molar-refractivity contribution in [3.05, 3.63) is 218 Å². The molecule has 574 valence electrons. The van der Waals surface area contributed by atoms with Crippen LogP contribution < -0.4 is 24.2 Å². The van der Waals surface area contributed by atoms with Crippen molar-refractivity contribution in [3.8, 4) is 45.5 Å². The van der Waals surface area contributed by atoms with Gasteiger partial charge in [-0.15, -0.1) is 30.6 Å². The summed E-state index contributed by atoms with van der Waals surface area (Å²) in [5, 5.41) is 45.0. The molecule has 12 heterocycles. The van der Waals surface area contributed by atoms with Gasteiger partial charge in [0, 0.05) is 123 Å². The number of carbonyl (C=O) groups is 2. The highest BCUT2D eigenvalue weighted by Crippen LogP contribution is 2.40. The molecule has 6 aliphatic heterocycles. The lowest BCUT2D eigenvalue weighted by molar-refractivity contribution is -0.0936. The topological polar surface area (TPSA) is 313 Å². The van der Waals surface area contributed by atoms with E-state index < -0.39 is 35.1 Å². The monoisotopic (exact) mass is 1600 g/mol. The number of aliphatic hydroxyl groups is 2. The van der Waals surface area contributed by atoms with Gasteiger partial charge in [0.2, 0.25) is 23.3 Å². The van der Waals surface area contributed by atoms with Crippen molar-refractivity contribution in [2.45, 2.75) is 24.4 Å². The van der Waals surface area contributed by atoms with Gasteiger partial charge in [0.15, 0.2) is 5.15 Å². The fraction of sp³-hybridized carbons (Fsp3) is 0.282. The smallest absolute Gasteiger partial charge is 0.233 e. The van der Waals surface area contributed by atoms with E-state index in [-0.39, 0.29) is 89.0 Å². The van der Waals surface area contributed by atoms with Crippen LogP contribution >= 0.6 is 46.4 Å². The van der Waals surface area contributed by atoms with Gasteiger partial charge in [-0.3, -0.25) is 9.59 Å². The van der Waals surface area contributed by atoms with Crippen molar-refractivity contribution >= 4 is 108 Å². The zero-order valence-corrected chi connectivity index (χ0v) is 62.2. The molecule has 6 aromatic carbocycles.